The summed E-state index contributed by atoms with van der Waals surface area (Å²) in [6, 6.07) is 4.95. The quantitative estimate of drug-likeness (QED) is 0.858. The van der Waals surface area contributed by atoms with Crippen LogP contribution in [-0.4, -0.2) is 15.0 Å². The number of benzene rings is 1. The molecule has 0 aromatic heterocycles. The van der Waals surface area contributed by atoms with Gasteiger partial charge in [-0.05, 0) is 24.1 Å². The smallest absolute Gasteiger partial charge is 0.211 e. The average molecular weight is 231 g/mol. The Bertz CT molecular complexity index is 429. The molecule has 84 valence electrons. The molecule has 0 bridgehead atoms. The van der Waals surface area contributed by atoms with E-state index in [2.05, 4.69) is 4.72 Å². The Morgan fingerprint density at radius 3 is 2.60 bits per heavy atom. The first-order valence-corrected chi connectivity index (χ1v) is 6.15. The van der Waals surface area contributed by atoms with E-state index in [0.29, 0.717) is 6.54 Å². The molecule has 0 aliphatic heterocycles. The minimum Gasteiger partial charge on any atom is -0.211 e. The van der Waals surface area contributed by atoms with Crippen molar-refractivity contribution in [2.24, 2.45) is 5.92 Å². The van der Waals surface area contributed by atoms with Crippen LogP contribution in [0.15, 0.2) is 29.2 Å². The van der Waals surface area contributed by atoms with E-state index in [9.17, 15) is 12.8 Å². The first-order valence-electron chi connectivity index (χ1n) is 4.67. The van der Waals surface area contributed by atoms with Crippen molar-refractivity contribution in [3.05, 3.63) is 30.1 Å². The number of hydrogen-bond acceptors (Lipinski definition) is 2. The Labute approximate surface area is 89.4 Å². The third-order valence-corrected chi connectivity index (χ3v) is 3.21. The highest BCUT2D eigenvalue weighted by Crippen LogP contribution is 2.10. The van der Waals surface area contributed by atoms with Crippen LogP contribution in [-0.2, 0) is 10.0 Å². The van der Waals surface area contributed by atoms with Gasteiger partial charge in [0.25, 0.3) is 0 Å². The molecule has 0 spiro atoms. The van der Waals surface area contributed by atoms with Gasteiger partial charge in [-0.1, -0.05) is 19.9 Å². The lowest BCUT2D eigenvalue weighted by Gasteiger charge is -2.08. The monoisotopic (exact) mass is 231 g/mol. The SMILES string of the molecule is CC(C)CNS(=O)(=O)c1cccc(F)c1. The standard InChI is InChI=1S/C10H14FNO2S/c1-8(2)7-12-15(13,14)10-5-3-4-9(11)6-10/h3-6,8,12H,7H2,1-2H3. The molecule has 0 atom stereocenters. The lowest BCUT2D eigenvalue weighted by molar-refractivity contribution is 0.558. The maximum Gasteiger partial charge on any atom is 0.240 e. The van der Waals surface area contributed by atoms with E-state index in [1.54, 1.807) is 0 Å². The molecular weight excluding hydrogens is 217 g/mol. The highest BCUT2D eigenvalue weighted by molar-refractivity contribution is 7.89. The molecule has 15 heavy (non-hydrogen) atoms. The highest BCUT2D eigenvalue weighted by Gasteiger charge is 2.14. The minimum absolute atomic E-state index is 0.0387. The molecule has 0 heterocycles. The number of nitrogens with one attached hydrogen (secondary N) is 1. The Balaban J connectivity index is 2.87. The fraction of sp³-hybridized carbons (Fsp3) is 0.400. The molecule has 1 rings (SSSR count). The summed E-state index contributed by atoms with van der Waals surface area (Å²) in [5.41, 5.74) is 0. The summed E-state index contributed by atoms with van der Waals surface area (Å²) in [5, 5.41) is 0. The maximum atomic E-state index is 12.8. The van der Waals surface area contributed by atoms with E-state index < -0.39 is 15.8 Å². The van der Waals surface area contributed by atoms with E-state index in [4.69, 9.17) is 0 Å². The van der Waals surface area contributed by atoms with Crippen molar-refractivity contribution in [1.29, 1.82) is 0 Å². The Hall–Kier alpha value is -0.940. The fourth-order valence-electron chi connectivity index (χ4n) is 0.994. The van der Waals surface area contributed by atoms with Crippen LogP contribution in [0.3, 0.4) is 0 Å². The third kappa shape index (κ3) is 3.60. The zero-order chi connectivity index (χ0) is 11.5. The van der Waals surface area contributed by atoms with Crippen molar-refractivity contribution in [3.63, 3.8) is 0 Å². The van der Waals surface area contributed by atoms with Crippen LogP contribution in [0.2, 0.25) is 0 Å². The summed E-state index contributed by atoms with van der Waals surface area (Å²) in [5.74, 6) is -0.337. The molecule has 1 aromatic rings. The predicted octanol–water partition coefficient (Wildman–Crippen LogP) is 1.76. The molecule has 0 unspecified atom stereocenters. The molecular formula is C10H14FNO2S. The summed E-state index contributed by atoms with van der Waals surface area (Å²) in [4.78, 5) is -0.0387. The summed E-state index contributed by atoms with van der Waals surface area (Å²) in [6.45, 7) is 4.14. The molecule has 5 heteroatoms. The van der Waals surface area contributed by atoms with Crippen LogP contribution in [0.5, 0.6) is 0 Å². The minimum atomic E-state index is -3.57. The molecule has 0 amide bonds. The van der Waals surface area contributed by atoms with Gasteiger partial charge in [0.2, 0.25) is 10.0 Å². The molecule has 0 saturated heterocycles. The van der Waals surface area contributed by atoms with Gasteiger partial charge in [0, 0.05) is 6.54 Å². The molecule has 0 radical (unpaired) electrons. The molecule has 1 N–H and O–H groups in total. The molecule has 0 aliphatic rings. The summed E-state index contributed by atoms with van der Waals surface area (Å²) in [6.07, 6.45) is 0. The second-order valence-electron chi connectivity index (χ2n) is 3.70. The zero-order valence-corrected chi connectivity index (χ0v) is 9.51. The van der Waals surface area contributed by atoms with Gasteiger partial charge in [0.05, 0.1) is 4.90 Å². The number of rotatable bonds is 4. The van der Waals surface area contributed by atoms with Crippen LogP contribution in [0.4, 0.5) is 4.39 Å². The molecule has 0 saturated carbocycles. The molecule has 0 aliphatic carbocycles. The maximum absolute atomic E-state index is 12.8. The van der Waals surface area contributed by atoms with Gasteiger partial charge in [-0.3, -0.25) is 0 Å². The van der Waals surface area contributed by atoms with Crippen molar-refractivity contribution < 1.29 is 12.8 Å². The first-order chi connectivity index (χ1) is 6.92. The summed E-state index contributed by atoms with van der Waals surface area (Å²) in [7, 11) is -3.57. The van der Waals surface area contributed by atoms with Gasteiger partial charge in [0.15, 0.2) is 0 Å². The van der Waals surface area contributed by atoms with E-state index in [-0.39, 0.29) is 10.8 Å². The molecule has 3 nitrogen and oxygen atoms in total. The van der Waals surface area contributed by atoms with Crippen LogP contribution in [0.1, 0.15) is 13.8 Å². The Kier molecular flexibility index (Phi) is 3.82. The van der Waals surface area contributed by atoms with Gasteiger partial charge in [-0.15, -0.1) is 0 Å². The second kappa shape index (κ2) is 4.72. The van der Waals surface area contributed by atoms with Crippen LogP contribution >= 0.6 is 0 Å². The normalized spacial score (nSPS) is 12.0. The second-order valence-corrected chi connectivity index (χ2v) is 5.47. The van der Waals surface area contributed by atoms with Crippen molar-refractivity contribution in [1.82, 2.24) is 4.72 Å². The topological polar surface area (TPSA) is 46.2 Å². The van der Waals surface area contributed by atoms with Crippen LogP contribution in [0, 0.1) is 11.7 Å². The van der Waals surface area contributed by atoms with Gasteiger partial charge < -0.3 is 0 Å². The predicted molar refractivity (Wildman–Crippen MR) is 56.4 cm³/mol. The van der Waals surface area contributed by atoms with Gasteiger partial charge in [0.1, 0.15) is 5.82 Å². The molecule has 0 fully saturated rings. The van der Waals surface area contributed by atoms with Crippen molar-refractivity contribution in [2.45, 2.75) is 18.7 Å². The van der Waals surface area contributed by atoms with Crippen molar-refractivity contribution >= 4 is 10.0 Å². The summed E-state index contributed by atoms with van der Waals surface area (Å²) >= 11 is 0. The lowest BCUT2D eigenvalue weighted by atomic mass is 10.2. The molecule has 1 aromatic carbocycles. The fourth-order valence-corrected chi connectivity index (χ4v) is 2.24. The van der Waals surface area contributed by atoms with Crippen LogP contribution < -0.4 is 4.72 Å². The van der Waals surface area contributed by atoms with Crippen molar-refractivity contribution in [3.8, 4) is 0 Å². The first kappa shape index (κ1) is 12.1. The average Bonchev–Trinajstić information content (AvgIpc) is 2.15. The lowest BCUT2D eigenvalue weighted by Crippen LogP contribution is -2.27. The van der Waals surface area contributed by atoms with Gasteiger partial charge in [-0.25, -0.2) is 17.5 Å². The van der Waals surface area contributed by atoms with Gasteiger partial charge >= 0.3 is 0 Å². The van der Waals surface area contributed by atoms with E-state index >= 15 is 0 Å². The van der Waals surface area contributed by atoms with Crippen LogP contribution in [0.25, 0.3) is 0 Å². The van der Waals surface area contributed by atoms with E-state index in [1.807, 2.05) is 13.8 Å². The Morgan fingerprint density at radius 2 is 2.07 bits per heavy atom. The Morgan fingerprint density at radius 1 is 1.40 bits per heavy atom. The number of hydrogen-bond donors (Lipinski definition) is 1. The van der Waals surface area contributed by atoms with E-state index in [0.717, 1.165) is 6.07 Å². The van der Waals surface area contributed by atoms with Crippen molar-refractivity contribution in [2.75, 3.05) is 6.54 Å². The van der Waals surface area contributed by atoms with E-state index in [1.165, 1.54) is 18.2 Å². The number of sulfonamides is 1. The summed E-state index contributed by atoms with van der Waals surface area (Å²) < 4.78 is 38.4. The zero-order valence-electron chi connectivity index (χ0n) is 8.70. The largest absolute Gasteiger partial charge is 0.240 e. The number of halogens is 1. The highest BCUT2D eigenvalue weighted by atomic mass is 32.2. The van der Waals surface area contributed by atoms with Gasteiger partial charge in [-0.2, -0.15) is 0 Å². The third-order valence-electron chi connectivity index (χ3n) is 1.79.